The van der Waals surface area contributed by atoms with E-state index in [-0.39, 0.29) is 12.5 Å². The lowest BCUT2D eigenvalue weighted by Crippen LogP contribution is -2.51. The van der Waals surface area contributed by atoms with E-state index in [9.17, 15) is 9.59 Å². The molecule has 0 radical (unpaired) electrons. The number of carbonyl (C=O) groups excluding carboxylic acids is 2. The third-order valence-corrected chi connectivity index (χ3v) is 4.64. The van der Waals surface area contributed by atoms with Crippen molar-refractivity contribution in [2.75, 3.05) is 18.6 Å². The van der Waals surface area contributed by atoms with Crippen LogP contribution in [0.15, 0.2) is 42.5 Å². The van der Waals surface area contributed by atoms with E-state index < -0.39 is 18.2 Å². The molecule has 0 saturated carbocycles. The Balaban J connectivity index is 1.83. The van der Waals surface area contributed by atoms with Gasteiger partial charge in [-0.15, -0.1) is 0 Å². The maximum absolute atomic E-state index is 13.1. The first-order chi connectivity index (χ1) is 12.9. The van der Waals surface area contributed by atoms with Gasteiger partial charge in [0.05, 0.1) is 19.3 Å². The lowest BCUT2D eigenvalue weighted by Gasteiger charge is -2.34. The van der Waals surface area contributed by atoms with Gasteiger partial charge in [0.15, 0.2) is 6.10 Å². The van der Waals surface area contributed by atoms with E-state index in [4.69, 9.17) is 14.2 Å². The summed E-state index contributed by atoms with van der Waals surface area (Å²) in [6.07, 6.45) is -1.60. The zero-order valence-electron chi connectivity index (χ0n) is 15.9. The fourth-order valence-corrected chi connectivity index (χ4v) is 2.96. The van der Waals surface area contributed by atoms with Crippen molar-refractivity contribution in [3.8, 4) is 11.5 Å². The normalized spacial score (nSPS) is 16.7. The van der Waals surface area contributed by atoms with Crippen molar-refractivity contribution in [2.24, 2.45) is 0 Å². The van der Waals surface area contributed by atoms with E-state index in [0.29, 0.717) is 17.2 Å². The number of amides is 1. The molecule has 0 spiro atoms. The highest BCUT2D eigenvalue weighted by atomic mass is 16.6. The van der Waals surface area contributed by atoms with Crippen molar-refractivity contribution >= 4 is 17.6 Å². The minimum absolute atomic E-state index is 0.0726. The molecule has 1 amide bonds. The Morgan fingerprint density at radius 2 is 1.89 bits per heavy atom. The van der Waals surface area contributed by atoms with Gasteiger partial charge in [0.1, 0.15) is 11.5 Å². The summed E-state index contributed by atoms with van der Waals surface area (Å²) in [6, 6.07) is 12.8. The second kappa shape index (κ2) is 7.70. The van der Waals surface area contributed by atoms with Gasteiger partial charge in [-0.25, -0.2) is 4.79 Å². The standard InChI is InChI=1S/C21H23NO5/c1-13-9-10-16(11-14(13)2)26-15(3)20(23)22-12-19(21(24)25-4)27-18-8-6-5-7-17(18)22/h5-11,15,19H,12H2,1-4H3/t15-,19+/m1/s1. The first-order valence-corrected chi connectivity index (χ1v) is 8.79. The number of benzene rings is 2. The molecule has 2 aromatic carbocycles. The van der Waals surface area contributed by atoms with E-state index in [2.05, 4.69) is 0 Å². The average molecular weight is 369 g/mol. The van der Waals surface area contributed by atoms with Gasteiger partial charge in [-0.3, -0.25) is 4.79 Å². The van der Waals surface area contributed by atoms with Crippen LogP contribution in [0.2, 0.25) is 0 Å². The van der Waals surface area contributed by atoms with Crippen LogP contribution >= 0.6 is 0 Å². The average Bonchev–Trinajstić information content (AvgIpc) is 2.68. The van der Waals surface area contributed by atoms with E-state index in [0.717, 1.165) is 11.1 Å². The summed E-state index contributed by atoms with van der Waals surface area (Å²) < 4.78 is 16.3. The van der Waals surface area contributed by atoms with Crippen LogP contribution in [0, 0.1) is 13.8 Å². The maximum Gasteiger partial charge on any atom is 0.348 e. The minimum atomic E-state index is -0.873. The number of rotatable bonds is 4. The zero-order valence-corrected chi connectivity index (χ0v) is 15.9. The third-order valence-electron chi connectivity index (χ3n) is 4.64. The van der Waals surface area contributed by atoms with Crippen molar-refractivity contribution in [3.63, 3.8) is 0 Å². The molecule has 27 heavy (non-hydrogen) atoms. The van der Waals surface area contributed by atoms with Gasteiger partial charge in [-0.05, 0) is 56.2 Å². The fraction of sp³-hybridized carbons (Fsp3) is 0.333. The Bertz CT molecular complexity index is 863. The van der Waals surface area contributed by atoms with Crippen LogP contribution in [0.4, 0.5) is 5.69 Å². The summed E-state index contributed by atoms with van der Waals surface area (Å²) in [5.74, 6) is 0.318. The van der Waals surface area contributed by atoms with E-state index in [1.54, 1.807) is 25.1 Å². The number of anilines is 1. The molecule has 1 aliphatic heterocycles. The highest BCUT2D eigenvalue weighted by molar-refractivity contribution is 5.99. The van der Waals surface area contributed by atoms with Gasteiger partial charge in [-0.2, -0.15) is 0 Å². The third kappa shape index (κ3) is 3.89. The monoisotopic (exact) mass is 369 g/mol. The minimum Gasteiger partial charge on any atom is -0.481 e. The van der Waals surface area contributed by atoms with Gasteiger partial charge in [0, 0.05) is 0 Å². The van der Waals surface area contributed by atoms with Crippen LogP contribution in [-0.4, -0.2) is 37.7 Å². The first-order valence-electron chi connectivity index (χ1n) is 8.79. The van der Waals surface area contributed by atoms with Crippen molar-refractivity contribution in [2.45, 2.75) is 33.0 Å². The number of nitrogens with zero attached hydrogens (tertiary/aromatic N) is 1. The molecule has 2 aromatic rings. The Morgan fingerprint density at radius 3 is 2.59 bits per heavy atom. The smallest absolute Gasteiger partial charge is 0.348 e. The van der Waals surface area contributed by atoms with Crippen molar-refractivity contribution in [1.29, 1.82) is 0 Å². The van der Waals surface area contributed by atoms with Crippen LogP contribution in [0.25, 0.3) is 0 Å². The Morgan fingerprint density at radius 1 is 1.15 bits per heavy atom. The van der Waals surface area contributed by atoms with Crippen molar-refractivity contribution in [1.82, 2.24) is 0 Å². The molecule has 3 rings (SSSR count). The fourth-order valence-electron chi connectivity index (χ4n) is 2.96. The van der Waals surface area contributed by atoms with Gasteiger partial charge in [-0.1, -0.05) is 18.2 Å². The summed E-state index contributed by atoms with van der Waals surface area (Å²) in [5.41, 5.74) is 2.86. The van der Waals surface area contributed by atoms with Gasteiger partial charge in [0.25, 0.3) is 5.91 Å². The number of esters is 1. The number of fused-ring (bicyclic) bond motifs is 1. The summed E-state index contributed by atoms with van der Waals surface area (Å²) >= 11 is 0. The van der Waals surface area contributed by atoms with Crippen molar-refractivity contribution in [3.05, 3.63) is 53.6 Å². The SMILES string of the molecule is COC(=O)[C@@H]1CN(C(=O)[C@@H](C)Oc2ccc(C)c(C)c2)c2ccccc2O1. The quantitative estimate of drug-likeness (QED) is 0.775. The molecule has 1 aliphatic rings. The number of ether oxygens (including phenoxy) is 3. The van der Waals surface area contributed by atoms with Crippen LogP contribution in [0.1, 0.15) is 18.1 Å². The molecule has 6 nitrogen and oxygen atoms in total. The second-order valence-corrected chi connectivity index (χ2v) is 6.55. The molecule has 6 heteroatoms. The largest absolute Gasteiger partial charge is 0.481 e. The summed E-state index contributed by atoms with van der Waals surface area (Å²) in [5, 5.41) is 0. The Labute approximate surface area is 158 Å². The molecule has 0 fully saturated rings. The number of aryl methyl sites for hydroxylation is 2. The molecular formula is C21H23NO5. The number of hydrogen-bond acceptors (Lipinski definition) is 5. The molecule has 0 N–H and O–H groups in total. The van der Waals surface area contributed by atoms with Gasteiger partial charge in [0.2, 0.25) is 6.10 Å². The molecule has 2 atom stereocenters. The lowest BCUT2D eigenvalue weighted by molar-refractivity contribution is -0.148. The molecule has 142 valence electrons. The van der Waals surface area contributed by atoms with E-state index in [1.807, 2.05) is 38.1 Å². The van der Waals surface area contributed by atoms with Crippen LogP contribution in [0.5, 0.6) is 11.5 Å². The summed E-state index contributed by atoms with van der Waals surface area (Å²) in [4.78, 5) is 26.5. The molecule has 0 aromatic heterocycles. The molecule has 0 saturated heterocycles. The number of para-hydroxylation sites is 2. The van der Waals surface area contributed by atoms with Gasteiger partial charge < -0.3 is 19.1 Å². The second-order valence-electron chi connectivity index (χ2n) is 6.55. The lowest BCUT2D eigenvalue weighted by atomic mass is 10.1. The van der Waals surface area contributed by atoms with E-state index >= 15 is 0 Å². The predicted molar refractivity (Wildman–Crippen MR) is 101 cm³/mol. The van der Waals surface area contributed by atoms with E-state index in [1.165, 1.54) is 12.0 Å². The Kier molecular flexibility index (Phi) is 5.35. The van der Waals surface area contributed by atoms with Crippen LogP contribution < -0.4 is 14.4 Å². The van der Waals surface area contributed by atoms with Crippen LogP contribution in [0.3, 0.4) is 0 Å². The topological polar surface area (TPSA) is 65.1 Å². The highest BCUT2D eigenvalue weighted by Crippen LogP contribution is 2.34. The summed E-state index contributed by atoms with van der Waals surface area (Å²) in [6.45, 7) is 5.78. The molecular weight excluding hydrogens is 346 g/mol. The molecule has 0 unspecified atom stereocenters. The molecule has 0 bridgehead atoms. The number of carbonyl (C=O) groups is 2. The first kappa shape index (κ1) is 18.8. The maximum atomic E-state index is 13.1. The Hall–Kier alpha value is -3.02. The molecule has 1 heterocycles. The number of methoxy groups -OCH3 is 1. The summed E-state index contributed by atoms with van der Waals surface area (Å²) in [7, 11) is 1.30. The van der Waals surface area contributed by atoms with Crippen molar-refractivity contribution < 1.29 is 23.8 Å². The highest BCUT2D eigenvalue weighted by Gasteiger charge is 2.36. The van der Waals surface area contributed by atoms with Crippen LogP contribution in [-0.2, 0) is 14.3 Å². The predicted octanol–water partition coefficient (Wildman–Crippen LogP) is 3.04. The molecule has 0 aliphatic carbocycles. The zero-order chi connectivity index (χ0) is 19.6. The number of hydrogen-bond donors (Lipinski definition) is 0. The van der Waals surface area contributed by atoms with Gasteiger partial charge >= 0.3 is 5.97 Å².